The highest BCUT2D eigenvalue weighted by Crippen LogP contribution is 2.27. The fourth-order valence-electron chi connectivity index (χ4n) is 1.99. The summed E-state index contributed by atoms with van der Waals surface area (Å²) in [4.78, 5) is 2.44. The van der Waals surface area contributed by atoms with E-state index in [0.29, 0.717) is 0 Å². The van der Waals surface area contributed by atoms with Crippen LogP contribution < -0.4 is 5.32 Å². The van der Waals surface area contributed by atoms with Crippen LogP contribution in [-0.2, 0) is 0 Å². The Morgan fingerprint density at radius 2 is 2.44 bits per heavy atom. The minimum Gasteiger partial charge on any atom is -0.315 e. The summed E-state index contributed by atoms with van der Waals surface area (Å²) in [6, 6.07) is 0.874. The van der Waals surface area contributed by atoms with E-state index >= 15 is 0 Å². The zero-order valence-electron chi connectivity index (χ0n) is 5.93. The minimum atomic E-state index is 0.874. The zero-order chi connectivity index (χ0) is 6.27. The molecule has 0 bridgehead atoms. The van der Waals surface area contributed by atoms with Gasteiger partial charge in [0.2, 0.25) is 0 Å². The van der Waals surface area contributed by atoms with Gasteiger partial charge in [0.05, 0.1) is 0 Å². The zero-order valence-corrected chi connectivity index (χ0v) is 5.93. The molecule has 0 spiro atoms. The fraction of sp³-hybridized carbons (Fsp3) is 1.00. The Bertz CT molecular complexity index is 111. The molecule has 0 aromatic heterocycles. The lowest BCUT2D eigenvalue weighted by Crippen LogP contribution is -2.61. The highest BCUT2D eigenvalue weighted by Gasteiger charge is 2.37. The molecule has 2 rings (SSSR count). The molecule has 2 saturated heterocycles. The monoisotopic (exact) mass is 126 g/mol. The number of nitrogens with zero attached hydrogens (tertiary/aromatic N) is 1. The Kier molecular flexibility index (Phi) is 1.24. The van der Waals surface area contributed by atoms with Crippen LogP contribution in [0.1, 0.15) is 6.42 Å². The molecule has 2 heteroatoms. The molecule has 2 atom stereocenters. The van der Waals surface area contributed by atoms with Gasteiger partial charge in [0, 0.05) is 19.1 Å². The van der Waals surface area contributed by atoms with Crippen LogP contribution in [-0.4, -0.2) is 37.6 Å². The maximum absolute atomic E-state index is 3.40. The van der Waals surface area contributed by atoms with Crippen molar-refractivity contribution in [3.63, 3.8) is 0 Å². The molecule has 2 nitrogen and oxygen atoms in total. The van der Waals surface area contributed by atoms with Crippen molar-refractivity contribution in [3.05, 3.63) is 0 Å². The first-order valence-corrected chi connectivity index (χ1v) is 3.79. The van der Waals surface area contributed by atoms with E-state index < -0.39 is 0 Å². The second-order valence-corrected chi connectivity index (χ2v) is 3.26. The molecule has 2 fully saturated rings. The quantitative estimate of drug-likeness (QED) is 0.488. The average Bonchev–Trinajstić information content (AvgIpc) is 1.86. The molecule has 0 aliphatic carbocycles. The van der Waals surface area contributed by atoms with E-state index in [1.807, 2.05) is 0 Å². The Morgan fingerprint density at radius 3 is 3.00 bits per heavy atom. The molecular formula is C7H14N2. The summed E-state index contributed by atoms with van der Waals surface area (Å²) in [7, 11) is 2.22. The maximum Gasteiger partial charge on any atom is 0.0258 e. The first-order valence-electron chi connectivity index (χ1n) is 3.79. The first-order chi connectivity index (χ1) is 4.38. The van der Waals surface area contributed by atoms with E-state index in [4.69, 9.17) is 0 Å². The van der Waals surface area contributed by atoms with Crippen LogP contribution in [0.15, 0.2) is 0 Å². The number of likely N-dealkylation sites (tertiary alicyclic amines) is 1. The van der Waals surface area contributed by atoms with Gasteiger partial charge in [0.1, 0.15) is 0 Å². The SMILES string of the molecule is CN1C[C@H]2CCNC[C@@H]21. The standard InChI is InChI=1S/C7H14N2/c1-9-5-6-2-3-8-4-7(6)9/h6-8H,2-5H2,1H3/t6-,7+/m1/s1. The van der Waals surface area contributed by atoms with Crippen LogP contribution >= 0.6 is 0 Å². The summed E-state index contributed by atoms with van der Waals surface area (Å²) in [5, 5.41) is 3.40. The van der Waals surface area contributed by atoms with Crippen molar-refractivity contribution in [2.24, 2.45) is 5.92 Å². The van der Waals surface area contributed by atoms with Gasteiger partial charge in [0.25, 0.3) is 0 Å². The molecule has 0 amide bonds. The lowest BCUT2D eigenvalue weighted by molar-refractivity contribution is 0.0191. The third-order valence-corrected chi connectivity index (χ3v) is 2.68. The fourth-order valence-corrected chi connectivity index (χ4v) is 1.99. The lowest BCUT2D eigenvalue weighted by Gasteiger charge is -2.49. The van der Waals surface area contributed by atoms with Crippen molar-refractivity contribution >= 4 is 0 Å². The van der Waals surface area contributed by atoms with Crippen molar-refractivity contribution in [3.8, 4) is 0 Å². The van der Waals surface area contributed by atoms with Gasteiger partial charge in [-0.15, -0.1) is 0 Å². The predicted octanol–water partition coefficient (Wildman–Crippen LogP) is -0.0901. The van der Waals surface area contributed by atoms with Crippen LogP contribution in [0.3, 0.4) is 0 Å². The molecule has 0 saturated carbocycles. The van der Waals surface area contributed by atoms with E-state index in [0.717, 1.165) is 12.0 Å². The molecule has 2 aliphatic rings. The number of fused-ring (bicyclic) bond motifs is 1. The Balaban J connectivity index is 1.94. The predicted molar refractivity (Wildman–Crippen MR) is 37.4 cm³/mol. The van der Waals surface area contributed by atoms with Gasteiger partial charge in [-0.3, -0.25) is 0 Å². The summed E-state index contributed by atoms with van der Waals surface area (Å²) < 4.78 is 0. The largest absolute Gasteiger partial charge is 0.315 e. The van der Waals surface area contributed by atoms with Crippen LogP contribution in [0.4, 0.5) is 0 Å². The number of hydrogen-bond donors (Lipinski definition) is 1. The summed E-state index contributed by atoms with van der Waals surface area (Å²) in [6.07, 6.45) is 1.40. The van der Waals surface area contributed by atoms with Crippen LogP contribution in [0, 0.1) is 5.92 Å². The summed E-state index contributed by atoms with van der Waals surface area (Å²) in [6.45, 7) is 3.81. The highest BCUT2D eigenvalue weighted by molar-refractivity contribution is 4.93. The van der Waals surface area contributed by atoms with Gasteiger partial charge < -0.3 is 10.2 Å². The smallest absolute Gasteiger partial charge is 0.0258 e. The van der Waals surface area contributed by atoms with Gasteiger partial charge in [-0.25, -0.2) is 0 Å². The number of piperidine rings is 1. The van der Waals surface area contributed by atoms with E-state index in [2.05, 4.69) is 17.3 Å². The Labute approximate surface area is 56.2 Å². The van der Waals surface area contributed by atoms with Crippen molar-refractivity contribution in [1.82, 2.24) is 10.2 Å². The van der Waals surface area contributed by atoms with Crippen molar-refractivity contribution in [1.29, 1.82) is 0 Å². The molecule has 0 radical (unpaired) electrons. The Hall–Kier alpha value is -0.0800. The summed E-state index contributed by atoms with van der Waals surface area (Å²) in [5.74, 6) is 1.02. The number of rotatable bonds is 0. The van der Waals surface area contributed by atoms with Crippen LogP contribution in [0.5, 0.6) is 0 Å². The normalized spacial score (nSPS) is 43.7. The molecule has 0 unspecified atom stereocenters. The van der Waals surface area contributed by atoms with Crippen LogP contribution in [0.25, 0.3) is 0 Å². The minimum absolute atomic E-state index is 0.874. The molecule has 0 aromatic rings. The van der Waals surface area contributed by atoms with Crippen molar-refractivity contribution in [2.75, 3.05) is 26.7 Å². The average molecular weight is 126 g/mol. The second-order valence-electron chi connectivity index (χ2n) is 3.26. The third-order valence-electron chi connectivity index (χ3n) is 2.68. The van der Waals surface area contributed by atoms with Gasteiger partial charge in [-0.2, -0.15) is 0 Å². The van der Waals surface area contributed by atoms with Gasteiger partial charge in [-0.1, -0.05) is 0 Å². The van der Waals surface area contributed by atoms with E-state index in [1.54, 1.807) is 0 Å². The summed E-state index contributed by atoms with van der Waals surface area (Å²) in [5.41, 5.74) is 0. The Morgan fingerprint density at radius 1 is 1.56 bits per heavy atom. The molecule has 9 heavy (non-hydrogen) atoms. The first kappa shape index (κ1) is 5.69. The van der Waals surface area contributed by atoms with Gasteiger partial charge >= 0.3 is 0 Å². The van der Waals surface area contributed by atoms with E-state index in [9.17, 15) is 0 Å². The van der Waals surface area contributed by atoms with Gasteiger partial charge in [0.15, 0.2) is 0 Å². The molecule has 2 aliphatic heterocycles. The molecule has 0 aromatic carbocycles. The lowest BCUT2D eigenvalue weighted by atomic mass is 9.84. The maximum atomic E-state index is 3.40. The van der Waals surface area contributed by atoms with Crippen molar-refractivity contribution in [2.45, 2.75) is 12.5 Å². The molecule has 2 heterocycles. The second kappa shape index (κ2) is 1.96. The van der Waals surface area contributed by atoms with Crippen molar-refractivity contribution < 1.29 is 0 Å². The number of nitrogens with one attached hydrogen (secondary N) is 1. The summed E-state index contributed by atoms with van der Waals surface area (Å²) >= 11 is 0. The topological polar surface area (TPSA) is 15.3 Å². The third kappa shape index (κ3) is 0.775. The van der Waals surface area contributed by atoms with E-state index in [-0.39, 0.29) is 0 Å². The van der Waals surface area contributed by atoms with E-state index in [1.165, 1.54) is 26.1 Å². The number of hydrogen-bond acceptors (Lipinski definition) is 2. The van der Waals surface area contributed by atoms with Gasteiger partial charge in [-0.05, 0) is 25.9 Å². The highest BCUT2D eigenvalue weighted by atomic mass is 15.2. The molecule has 52 valence electrons. The number of likely N-dealkylation sites (N-methyl/N-ethyl adjacent to an activating group) is 1. The molecule has 1 N–H and O–H groups in total. The van der Waals surface area contributed by atoms with Crippen LogP contribution in [0.2, 0.25) is 0 Å². The molecular weight excluding hydrogens is 112 g/mol.